The Morgan fingerprint density at radius 1 is 1.21 bits per heavy atom. The highest BCUT2D eigenvalue weighted by molar-refractivity contribution is 6.62. The van der Waals surface area contributed by atoms with Gasteiger partial charge in [-0.1, -0.05) is 6.32 Å². The minimum atomic E-state index is -1.65. The first-order chi connectivity index (χ1) is 6.29. The smallest absolute Gasteiger partial charge is 0.383 e. The fourth-order valence-electron chi connectivity index (χ4n) is 1.70. The van der Waals surface area contributed by atoms with Crippen LogP contribution in [0.25, 0.3) is 0 Å². The molecule has 0 aromatic rings. The van der Waals surface area contributed by atoms with Crippen molar-refractivity contribution in [2.24, 2.45) is 0 Å². The largest absolute Gasteiger partial charge is 0.547 e. The van der Waals surface area contributed by atoms with Crippen LogP contribution < -0.4 is 0 Å². The lowest BCUT2D eigenvalue weighted by atomic mass is 9.74. The zero-order valence-electron chi connectivity index (χ0n) is 9.79. The molecule has 0 amide bonds. The van der Waals surface area contributed by atoms with Crippen molar-refractivity contribution in [2.45, 2.75) is 45.2 Å². The molecule has 0 aromatic heterocycles. The Kier molecular flexibility index (Phi) is 2.83. The average Bonchev–Trinajstić information content (AvgIpc) is 2.19. The van der Waals surface area contributed by atoms with Crippen LogP contribution in [0, 0.1) is 0 Å². The second kappa shape index (κ2) is 3.37. The van der Waals surface area contributed by atoms with E-state index >= 15 is 0 Å². The van der Waals surface area contributed by atoms with Crippen LogP contribution in [0.1, 0.15) is 27.7 Å². The molecule has 1 fully saturated rings. The van der Waals surface area contributed by atoms with Crippen molar-refractivity contribution >= 4 is 6.75 Å². The Hall–Kier alpha value is -0.315. The first kappa shape index (κ1) is 11.8. The average molecular weight is 199 g/mol. The number of hydrogen-bond acceptors (Lipinski definition) is 3. The molecule has 1 heterocycles. The van der Waals surface area contributed by atoms with Crippen LogP contribution in [-0.4, -0.2) is 25.1 Å². The van der Waals surface area contributed by atoms with Crippen LogP contribution in [-0.2, 0) is 14.0 Å². The molecular formula is C10H20BO3-. The van der Waals surface area contributed by atoms with E-state index in [2.05, 4.69) is 6.58 Å². The highest BCUT2D eigenvalue weighted by Gasteiger charge is 2.51. The van der Waals surface area contributed by atoms with Gasteiger partial charge in [-0.25, -0.2) is 0 Å². The van der Waals surface area contributed by atoms with E-state index in [0.717, 1.165) is 0 Å². The Labute approximate surface area is 86.4 Å². The summed E-state index contributed by atoms with van der Waals surface area (Å²) in [5.41, 5.74) is -0.682. The quantitative estimate of drug-likeness (QED) is 0.515. The van der Waals surface area contributed by atoms with Crippen molar-refractivity contribution in [1.29, 1.82) is 0 Å². The molecule has 0 saturated carbocycles. The third-order valence-electron chi connectivity index (χ3n) is 3.21. The molecule has 3 nitrogen and oxygen atoms in total. The van der Waals surface area contributed by atoms with E-state index in [4.69, 9.17) is 14.0 Å². The maximum Gasteiger partial charge on any atom is 0.383 e. The van der Waals surface area contributed by atoms with Gasteiger partial charge in [-0.05, 0) is 34.8 Å². The van der Waals surface area contributed by atoms with Gasteiger partial charge < -0.3 is 14.0 Å². The molecule has 0 atom stereocenters. The lowest BCUT2D eigenvalue weighted by Gasteiger charge is -2.36. The van der Waals surface area contributed by atoms with E-state index in [1.807, 2.05) is 27.7 Å². The number of rotatable bonds is 3. The minimum Gasteiger partial charge on any atom is -0.547 e. The summed E-state index contributed by atoms with van der Waals surface area (Å²) >= 11 is 0. The molecule has 0 aliphatic carbocycles. The normalized spacial score (nSPS) is 27.5. The topological polar surface area (TPSA) is 27.7 Å². The second-order valence-electron chi connectivity index (χ2n) is 4.81. The Bertz CT molecular complexity index is 220. The number of hydrogen-bond donors (Lipinski definition) is 0. The fraction of sp³-hybridized carbons (Fsp3) is 0.800. The van der Waals surface area contributed by atoms with E-state index in [-0.39, 0.29) is 11.2 Å². The van der Waals surface area contributed by atoms with E-state index in [1.165, 1.54) is 0 Å². The zero-order valence-corrected chi connectivity index (χ0v) is 9.79. The van der Waals surface area contributed by atoms with Crippen LogP contribution in [0.4, 0.5) is 0 Å². The first-order valence-electron chi connectivity index (χ1n) is 5.00. The van der Waals surface area contributed by atoms with Crippen molar-refractivity contribution < 1.29 is 14.0 Å². The zero-order chi connectivity index (χ0) is 11.0. The van der Waals surface area contributed by atoms with Gasteiger partial charge in [0.1, 0.15) is 0 Å². The molecule has 1 aliphatic heterocycles. The van der Waals surface area contributed by atoms with Gasteiger partial charge in [0.05, 0.1) is 0 Å². The van der Waals surface area contributed by atoms with Gasteiger partial charge in [-0.15, -0.1) is 12.7 Å². The van der Waals surface area contributed by atoms with Crippen LogP contribution in [0.5, 0.6) is 0 Å². The summed E-state index contributed by atoms with van der Waals surface area (Å²) in [5.74, 6) is 0. The third-order valence-corrected chi connectivity index (χ3v) is 3.21. The molecule has 0 aromatic carbocycles. The monoisotopic (exact) mass is 199 g/mol. The van der Waals surface area contributed by atoms with E-state index in [0.29, 0.717) is 6.32 Å². The van der Waals surface area contributed by atoms with Crippen LogP contribution in [0.2, 0.25) is 6.32 Å². The summed E-state index contributed by atoms with van der Waals surface area (Å²) in [6.45, 7) is 10.1. The highest BCUT2D eigenvalue weighted by atomic mass is 16.8. The highest BCUT2D eigenvalue weighted by Crippen LogP contribution is 2.43. The van der Waals surface area contributed by atoms with Gasteiger partial charge in [0, 0.05) is 11.2 Å². The van der Waals surface area contributed by atoms with Crippen LogP contribution in [0.15, 0.2) is 12.7 Å². The molecule has 82 valence electrons. The molecule has 1 rings (SSSR count). The molecular weight excluding hydrogens is 179 g/mol. The molecule has 1 saturated heterocycles. The maximum atomic E-state index is 5.89. The van der Waals surface area contributed by atoms with Crippen LogP contribution >= 0.6 is 0 Å². The van der Waals surface area contributed by atoms with E-state index in [9.17, 15) is 0 Å². The first-order valence-corrected chi connectivity index (χ1v) is 5.00. The van der Waals surface area contributed by atoms with Crippen molar-refractivity contribution in [3.05, 3.63) is 12.7 Å². The van der Waals surface area contributed by atoms with Crippen molar-refractivity contribution in [2.75, 3.05) is 7.11 Å². The van der Waals surface area contributed by atoms with E-state index < -0.39 is 6.75 Å². The molecule has 1 aliphatic rings. The van der Waals surface area contributed by atoms with Crippen molar-refractivity contribution in [3.63, 3.8) is 0 Å². The van der Waals surface area contributed by atoms with Crippen molar-refractivity contribution in [3.8, 4) is 0 Å². The standard InChI is InChI=1S/C10H20BO3/c1-7-8-11(12-6)13-9(2,3)10(4,5)14-11/h7H,1,8H2,2-6H3/q-1. The van der Waals surface area contributed by atoms with Gasteiger partial charge in [0.2, 0.25) is 0 Å². The second-order valence-corrected chi connectivity index (χ2v) is 4.81. The van der Waals surface area contributed by atoms with Gasteiger partial charge in [0.25, 0.3) is 0 Å². The van der Waals surface area contributed by atoms with Gasteiger partial charge >= 0.3 is 6.75 Å². The predicted molar refractivity (Wildman–Crippen MR) is 58.1 cm³/mol. The maximum absolute atomic E-state index is 5.89. The molecule has 4 heteroatoms. The lowest BCUT2D eigenvalue weighted by Crippen LogP contribution is -2.41. The molecule has 0 unspecified atom stereocenters. The summed E-state index contributed by atoms with van der Waals surface area (Å²) in [4.78, 5) is 0. The van der Waals surface area contributed by atoms with Gasteiger partial charge in [-0.2, -0.15) is 0 Å². The molecule has 0 N–H and O–H groups in total. The molecule has 0 radical (unpaired) electrons. The lowest BCUT2D eigenvalue weighted by molar-refractivity contribution is 0.00578. The van der Waals surface area contributed by atoms with Crippen LogP contribution in [0.3, 0.4) is 0 Å². The Morgan fingerprint density at radius 2 is 1.64 bits per heavy atom. The summed E-state index contributed by atoms with van der Waals surface area (Å²) in [7, 11) is 1.61. The SMILES string of the molecule is C=CC[B-]1(OC)OC(C)(C)C(C)(C)O1. The summed E-state index contributed by atoms with van der Waals surface area (Å²) in [5, 5.41) is 0. The Balaban J connectivity index is 2.92. The number of allylic oxidation sites excluding steroid dienone is 1. The summed E-state index contributed by atoms with van der Waals surface area (Å²) in [6.07, 6.45) is 2.35. The van der Waals surface area contributed by atoms with Gasteiger partial charge in [0.15, 0.2) is 0 Å². The predicted octanol–water partition coefficient (Wildman–Crippen LogP) is 2.36. The minimum absolute atomic E-state index is 0.341. The van der Waals surface area contributed by atoms with E-state index in [1.54, 1.807) is 13.2 Å². The fourth-order valence-corrected chi connectivity index (χ4v) is 1.70. The molecule has 0 bridgehead atoms. The molecule has 14 heavy (non-hydrogen) atoms. The van der Waals surface area contributed by atoms with Gasteiger partial charge in [-0.3, -0.25) is 0 Å². The Morgan fingerprint density at radius 3 is 1.93 bits per heavy atom. The molecule has 0 spiro atoms. The summed E-state index contributed by atoms with van der Waals surface area (Å²) in [6, 6.07) is 0. The van der Waals surface area contributed by atoms with Crippen molar-refractivity contribution in [1.82, 2.24) is 0 Å². The summed E-state index contributed by atoms with van der Waals surface area (Å²) < 4.78 is 17.1. The third kappa shape index (κ3) is 1.74.